The van der Waals surface area contributed by atoms with Crippen LogP contribution in [-0.2, 0) is 9.59 Å². The summed E-state index contributed by atoms with van der Waals surface area (Å²) in [7, 11) is 0. The number of alkyl halides is 2. The van der Waals surface area contributed by atoms with Gasteiger partial charge in [-0.05, 0) is 13.8 Å². The molecular formula is C10H16Cl2N2O2. The SMILES string of the molecule is CC(Cl)C(=O)N1CCN(C(=O)C(C)Cl)CC1. The molecule has 1 aliphatic rings. The van der Waals surface area contributed by atoms with E-state index in [0.717, 1.165) is 0 Å². The normalized spacial score (nSPS) is 20.5. The van der Waals surface area contributed by atoms with E-state index >= 15 is 0 Å². The monoisotopic (exact) mass is 266 g/mol. The fraction of sp³-hybridized carbons (Fsp3) is 0.800. The molecule has 2 amide bonds. The van der Waals surface area contributed by atoms with Gasteiger partial charge >= 0.3 is 0 Å². The van der Waals surface area contributed by atoms with E-state index in [0.29, 0.717) is 26.2 Å². The maximum Gasteiger partial charge on any atom is 0.240 e. The highest BCUT2D eigenvalue weighted by molar-refractivity contribution is 6.30. The fourth-order valence-corrected chi connectivity index (χ4v) is 1.93. The summed E-state index contributed by atoms with van der Waals surface area (Å²) in [6.45, 7) is 5.44. The van der Waals surface area contributed by atoms with Gasteiger partial charge in [0.25, 0.3) is 0 Å². The second-order valence-electron chi connectivity index (χ2n) is 3.88. The third-order valence-corrected chi connectivity index (χ3v) is 2.96. The zero-order valence-electron chi connectivity index (χ0n) is 9.45. The van der Waals surface area contributed by atoms with Gasteiger partial charge in [-0.25, -0.2) is 0 Å². The van der Waals surface area contributed by atoms with Crippen LogP contribution in [0.2, 0.25) is 0 Å². The van der Waals surface area contributed by atoms with Crippen LogP contribution in [-0.4, -0.2) is 58.5 Å². The molecule has 92 valence electrons. The van der Waals surface area contributed by atoms with Crippen LogP contribution in [0.3, 0.4) is 0 Å². The predicted molar refractivity (Wildman–Crippen MR) is 63.8 cm³/mol. The summed E-state index contributed by atoms with van der Waals surface area (Å²) in [6, 6.07) is 0. The lowest BCUT2D eigenvalue weighted by atomic mass is 10.2. The number of carbonyl (C=O) groups is 2. The van der Waals surface area contributed by atoms with Gasteiger partial charge in [0.2, 0.25) is 11.8 Å². The van der Waals surface area contributed by atoms with E-state index in [2.05, 4.69) is 0 Å². The van der Waals surface area contributed by atoms with Crippen molar-refractivity contribution in [1.29, 1.82) is 0 Å². The Hall–Kier alpha value is -0.480. The van der Waals surface area contributed by atoms with Gasteiger partial charge in [-0.1, -0.05) is 0 Å². The van der Waals surface area contributed by atoms with Gasteiger partial charge in [0.05, 0.1) is 0 Å². The molecule has 0 N–H and O–H groups in total. The highest BCUT2D eigenvalue weighted by Crippen LogP contribution is 2.09. The second kappa shape index (κ2) is 5.73. The summed E-state index contributed by atoms with van der Waals surface area (Å²) in [5.74, 6) is -0.152. The van der Waals surface area contributed by atoms with Gasteiger partial charge in [0, 0.05) is 26.2 Å². The first-order chi connectivity index (χ1) is 7.43. The Kier molecular flexibility index (Phi) is 4.87. The number of amides is 2. The molecule has 16 heavy (non-hydrogen) atoms. The lowest BCUT2D eigenvalue weighted by molar-refractivity contribution is -0.138. The molecule has 1 fully saturated rings. The van der Waals surface area contributed by atoms with E-state index in [9.17, 15) is 9.59 Å². The molecule has 4 nitrogen and oxygen atoms in total. The molecule has 0 saturated carbocycles. The van der Waals surface area contributed by atoms with Crippen molar-refractivity contribution in [3.63, 3.8) is 0 Å². The molecule has 0 aromatic rings. The van der Waals surface area contributed by atoms with Gasteiger partial charge in [-0.2, -0.15) is 0 Å². The molecular weight excluding hydrogens is 251 g/mol. The lowest BCUT2D eigenvalue weighted by Gasteiger charge is -2.35. The third kappa shape index (κ3) is 3.25. The fourth-order valence-electron chi connectivity index (χ4n) is 1.65. The Bertz CT molecular complexity index is 246. The maximum atomic E-state index is 11.6. The van der Waals surface area contributed by atoms with E-state index in [1.165, 1.54) is 0 Å². The van der Waals surface area contributed by atoms with E-state index in [1.807, 2.05) is 0 Å². The van der Waals surface area contributed by atoms with Crippen molar-refractivity contribution in [1.82, 2.24) is 9.80 Å². The molecule has 2 unspecified atom stereocenters. The summed E-state index contributed by atoms with van der Waals surface area (Å²) in [5.41, 5.74) is 0. The van der Waals surface area contributed by atoms with Crippen molar-refractivity contribution in [3.8, 4) is 0 Å². The number of hydrogen-bond acceptors (Lipinski definition) is 2. The lowest BCUT2D eigenvalue weighted by Crippen LogP contribution is -2.53. The summed E-state index contributed by atoms with van der Waals surface area (Å²) in [4.78, 5) is 26.5. The molecule has 0 bridgehead atoms. The highest BCUT2D eigenvalue weighted by Gasteiger charge is 2.27. The van der Waals surface area contributed by atoms with Crippen LogP contribution in [0.1, 0.15) is 13.8 Å². The maximum absolute atomic E-state index is 11.6. The van der Waals surface area contributed by atoms with Crippen molar-refractivity contribution >= 4 is 35.0 Å². The highest BCUT2D eigenvalue weighted by atomic mass is 35.5. The van der Waals surface area contributed by atoms with Crippen LogP contribution in [0.25, 0.3) is 0 Å². The molecule has 0 radical (unpaired) electrons. The van der Waals surface area contributed by atoms with E-state index in [1.54, 1.807) is 23.6 Å². The minimum atomic E-state index is -0.505. The van der Waals surface area contributed by atoms with Crippen LogP contribution in [0.15, 0.2) is 0 Å². The van der Waals surface area contributed by atoms with E-state index < -0.39 is 10.8 Å². The van der Waals surface area contributed by atoms with Gasteiger partial charge in [-0.15, -0.1) is 23.2 Å². The molecule has 6 heteroatoms. The van der Waals surface area contributed by atoms with Crippen LogP contribution < -0.4 is 0 Å². The molecule has 1 saturated heterocycles. The van der Waals surface area contributed by atoms with Gasteiger partial charge in [0.1, 0.15) is 10.8 Å². The molecule has 1 heterocycles. The Labute approximate surface area is 105 Å². The topological polar surface area (TPSA) is 40.6 Å². The minimum absolute atomic E-state index is 0.0762. The molecule has 0 aromatic heterocycles. The van der Waals surface area contributed by atoms with Gasteiger partial charge in [-0.3, -0.25) is 9.59 Å². The first-order valence-electron chi connectivity index (χ1n) is 5.29. The van der Waals surface area contributed by atoms with Crippen LogP contribution in [0.5, 0.6) is 0 Å². The van der Waals surface area contributed by atoms with Crippen molar-refractivity contribution in [2.75, 3.05) is 26.2 Å². The molecule has 0 spiro atoms. The first-order valence-corrected chi connectivity index (χ1v) is 6.16. The van der Waals surface area contributed by atoms with Crippen LogP contribution in [0, 0.1) is 0 Å². The van der Waals surface area contributed by atoms with Crippen molar-refractivity contribution in [2.45, 2.75) is 24.6 Å². The summed E-state index contributed by atoms with van der Waals surface area (Å²) < 4.78 is 0. The zero-order valence-corrected chi connectivity index (χ0v) is 11.0. The van der Waals surface area contributed by atoms with E-state index in [4.69, 9.17) is 23.2 Å². The number of carbonyl (C=O) groups excluding carboxylic acids is 2. The Morgan fingerprint density at radius 3 is 1.31 bits per heavy atom. The largest absolute Gasteiger partial charge is 0.338 e. The van der Waals surface area contributed by atoms with Crippen LogP contribution in [0.4, 0.5) is 0 Å². The van der Waals surface area contributed by atoms with Crippen molar-refractivity contribution in [2.24, 2.45) is 0 Å². The minimum Gasteiger partial charge on any atom is -0.338 e. The van der Waals surface area contributed by atoms with E-state index in [-0.39, 0.29) is 11.8 Å². The van der Waals surface area contributed by atoms with Gasteiger partial charge in [0.15, 0.2) is 0 Å². The number of piperazine rings is 1. The molecule has 1 aliphatic heterocycles. The Morgan fingerprint density at radius 1 is 0.875 bits per heavy atom. The average Bonchev–Trinajstić information content (AvgIpc) is 2.27. The molecule has 0 aliphatic carbocycles. The average molecular weight is 267 g/mol. The third-order valence-electron chi connectivity index (χ3n) is 2.58. The predicted octanol–water partition coefficient (Wildman–Crippen LogP) is 0.912. The summed E-state index contributed by atoms with van der Waals surface area (Å²) in [5, 5.41) is -1.01. The standard InChI is InChI=1S/C10H16Cl2N2O2/c1-7(11)9(15)13-3-5-14(6-4-13)10(16)8(2)12/h7-8H,3-6H2,1-2H3. The Morgan fingerprint density at radius 2 is 1.12 bits per heavy atom. The summed E-state index contributed by atoms with van der Waals surface area (Å²) >= 11 is 11.4. The molecule has 1 rings (SSSR count). The van der Waals surface area contributed by atoms with Crippen LogP contribution >= 0.6 is 23.2 Å². The van der Waals surface area contributed by atoms with Crippen molar-refractivity contribution < 1.29 is 9.59 Å². The molecule has 0 aromatic carbocycles. The van der Waals surface area contributed by atoms with Gasteiger partial charge < -0.3 is 9.80 Å². The summed E-state index contributed by atoms with van der Waals surface area (Å²) in [6.07, 6.45) is 0. The quantitative estimate of drug-likeness (QED) is 0.698. The van der Waals surface area contributed by atoms with Crippen molar-refractivity contribution in [3.05, 3.63) is 0 Å². The smallest absolute Gasteiger partial charge is 0.240 e. The molecule has 2 atom stereocenters. The zero-order chi connectivity index (χ0) is 12.3. The number of hydrogen-bond donors (Lipinski definition) is 0. The number of halogens is 2. The Balaban J connectivity index is 2.45. The first kappa shape index (κ1) is 13.6. The number of rotatable bonds is 2. The second-order valence-corrected chi connectivity index (χ2v) is 5.19. The number of nitrogens with zero attached hydrogens (tertiary/aromatic N) is 2.